The van der Waals surface area contributed by atoms with E-state index in [1.54, 1.807) is 0 Å². The SMILES string of the molecule is Cc1ccc2c(cnn2CCC(=O)NCC2(CO)CCC2)c1. The number of benzene rings is 1. The zero-order valence-corrected chi connectivity index (χ0v) is 13.0. The molecule has 118 valence electrons. The highest BCUT2D eigenvalue weighted by molar-refractivity contribution is 5.80. The Morgan fingerprint density at radius 1 is 1.45 bits per heavy atom. The fraction of sp³-hybridized carbons (Fsp3) is 0.529. The first-order valence-electron chi connectivity index (χ1n) is 7.92. The number of carbonyl (C=O) groups is 1. The lowest BCUT2D eigenvalue weighted by Crippen LogP contribution is -2.44. The van der Waals surface area contributed by atoms with E-state index < -0.39 is 0 Å². The second-order valence-electron chi connectivity index (χ2n) is 6.47. The van der Waals surface area contributed by atoms with Crippen LogP contribution in [0.4, 0.5) is 0 Å². The van der Waals surface area contributed by atoms with Gasteiger partial charge >= 0.3 is 0 Å². The van der Waals surface area contributed by atoms with Crippen LogP contribution in [0.2, 0.25) is 0 Å². The second kappa shape index (κ2) is 6.08. The summed E-state index contributed by atoms with van der Waals surface area (Å²) in [6.07, 6.45) is 5.41. The Morgan fingerprint density at radius 3 is 2.95 bits per heavy atom. The molecule has 1 heterocycles. The molecule has 0 unspecified atom stereocenters. The Morgan fingerprint density at radius 2 is 2.27 bits per heavy atom. The van der Waals surface area contributed by atoms with Gasteiger partial charge in [0.1, 0.15) is 0 Å². The second-order valence-corrected chi connectivity index (χ2v) is 6.47. The number of aryl methyl sites for hydroxylation is 2. The van der Waals surface area contributed by atoms with Crippen LogP contribution in [0.3, 0.4) is 0 Å². The van der Waals surface area contributed by atoms with Gasteiger partial charge in [-0.3, -0.25) is 9.48 Å². The Balaban J connectivity index is 1.54. The van der Waals surface area contributed by atoms with Gasteiger partial charge in [0.25, 0.3) is 0 Å². The van der Waals surface area contributed by atoms with Crippen molar-refractivity contribution in [1.29, 1.82) is 0 Å². The number of aliphatic hydroxyl groups excluding tert-OH is 1. The number of fused-ring (bicyclic) bond motifs is 1. The van der Waals surface area contributed by atoms with Gasteiger partial charge in [-0.1, -0.05) is 18.1 Å². The third kappa shape index (κ3) is 2.99. The number of nitrogens with one attached hydrogen (secondary N) is 1. The minimum atomic E-state index is -0.0639. The molecule has 0 bridgehead atoms. The molecule has 3 rings (SSSR count). The van der Waals surface area contributed by atoms with E-state index >= 15 is 0 Å². The first-order chi connectivity index (χ1) is 10.6. The third-order valence-electron chi connectivity index (χ3n) is 4.76. The van der Waals surface area contributed by atoms with Crippen molar-refractivity contribution in [2.45, 2.75) is 39.2 Å². The number of carbonyl (C=O) groups excluding carboxylic acids is 1. The quantitative estimate of drug-likeness (QED) is 0.857. The highest BCUT2D eigenvalue weighted by Crippen LogP contribution is 2.39. The fourth-order valence-corrected chi connectivity index (χ4v) is 3.03. The molecule has 0 saturated heterocycles. The fourth-order valence-electron chi connectivity index (χ4n) is 3.03. The van der Waals surface area contributed by atoms with Crippen molar-refractivity contribution < 1.29 is 9.90 Å². The lowest BCUT2D eigenvalue weighted by Gasteiger charge is -2.40. The molecule has 0 radical (unpaired) electrons. The van der Waals surface area contributed by atoms with Crippen LogP contribution < -0.4 is 5.32 Å². The largest absolute Gasteiger partial charge is 0.396 e. The highest BCUT2D eigenvalue weighted by atomic mass is 16.3. The van der Waals surface area contributed by atoms with E-state index in [1.807, 2.05) is 16.9 Å². The lowest BCUT2D eigenvalue weighted by molar-refractivity contribution is -0.122. The average Bonchev–Trinajstić information content (AvgIpc) is 2.86. The normalized spacial score (nSPS) is 16.5. The maximum atomic E-state index is 12.0. The first kappa shape index (κ1) is 15.0. The topological polar surface area (TPSA) is 67.2 Å². The summed E-state index contributed by atoms with van der Waals surface area (Å²) in [5.74, 6) is 0.0236. The van der Waals surface area contributed by atoms with Crippen molar-refractivity contribution in [2.75, 3.05) is 13.2 Å². The standard InChI is InChI=1S/C17H23N3O2/c1-13-3-4-15-14(9-13)10-19-20(15)8-5-16(22)18-11-17(12-21)6-2-7-17/h3-4,9-10,21H,2,5-8,11-12H2,1H3,(H,18,22). The van der Waals surface area contributed by atoms with Crippen LogP contribution in [-0.2, 0) is 11.3 Å². The van der Waals surface area contributed by atoms with Crippen LogP contribution in [0.5, 0.6) is 0 Å². The maximum absolute atomic E-state index is 12.0. The molecule has 1 saturated carbocycles. The Labute approximate surface area is 130 Å². The van der Waals surface area contributed by atoms with Gasteiger partial charge in [0.15, 0.2) is 0 Å². The molecular formula is C17H23N3O2. The van der Waals surface area contributed by atoms with Gasteiger partial charge in [-0.2, -0.15) is 5.10 Å². The summed E-state index contributed by atoms with van der Waals surface area (Å²) in [5.41, 5.74) is 2.20. The first-order valence-corrected chi connectivity index (χ1v) is 7.92. The van der Waals surface area contributed by atoms with E-state index in [1.165, 1.54) is 5.56 Å². The molecule has 5 heteroatoms. The molecule has 22 heavy (non-hydrogen) atoms. The molecule has 1 fully saturated rings. The molecule has 1 amide bonds. The van der Waals surface area contributed by atoms with E-state index in [4.69, 9.17) is 0 Å². The molecular weight excluding hydrogens is 278 g/mol. The molecule has 0 spiro atoms. The lowest BCUT2D eigenvalue weighted by atomic mass is 9.69. The maximum Gasteiger partial charge on any atom is 0.221 e. The predicted octanol–water partition coefficient (Wildman–Crippen LogP) is 2.01. The van der Waals surface area contributed by atoms with Gasteiger partial charge in [-0.15, -0.1) is 0 Å². The molecule has 5 nitrogen and oxygen atoms in total. The Kier molecular flexibility index (Phi) is 4.16. The van der Waals surface area contributed by atoms with Crippen LogP contribution in [0.25, 0.3) is 10.9 Å². The number of amides is 1. The van der Waals surface area contributed by atoms with Gasteiger partial charge in [0.05, 0.1) is 24.9 Å². The van der Waals surface area contributed by atoms with E-state index in [-0.39, 0.29) is 17.9 Å². The smallest absolute Gasteiger partial charge is 0.221 e. The number of hydrogen-bond donors (Lipinski definition) is 2. The molecule has 2 N–H and O–H groups in total. The molecule has 0 atom stereocenters. The molecule has 1 aliphatic rings. The number of nitrogens with zero attached hydrogens (tertiary/aromatic N) is 2. The van der Waals surface area contributed by atoms with Crippen molar-refractivity contribution in [3.05, 3.63) is 30.0 Å². The average molecular weight is 301 g/mol. The summed E-state index contributed by atoms with van der Waals surface area (Å²) in [6, 6.07) is 6.20. The summed E-state index contributed by atoms with van der Waals surface area (Å²) in [6.45, 7) is 3.38. The zero-order chi connectivity index (χ0) is 15.6. The van der Waals surface area contributed by atoms with Crippen molar-refractivity contribution in [1.82, 2.24) is 15.1 Å². The van der Waals surface area contributed by atoms with Crippen LogP contribution in [-0.4, -0.2) is 33.9 Å². The van der Waals surface area contributed by atoms with Gasteiger partial charge < -0.3 is 10.4 Å². The zero-order valence-electron chi connectivity index (χ0n) is 13.0. The summed E-state index contributed by atoms with van der Waals surface area (Å²) in [7, 11) is 0. The summed E-state index contributed by atoms with van der Waals surface area (Å²) in [5, 5.41) is 17.8. The number of rotatable bonds is 6. The summed E-state index contributed by atoms with van der Waals surface area (Å²) in [4.78, 5) is 12.0. The summed E-state index contributed by atoms with van der Waals surface area (Å²) < 4.78 is 1.87. The monoisotopic (exact) mass is 301 g/mol. The highest BCUT2D eigenvalue weighted by Gasteiger charge is 2.36. The molecule has 1 aromatic heterocycles. The van der Waals surface area contributed by atoms with Crippen molar-refractivity contribution in [2.24, 2.45) is 5.41 Å². The molecule has 1 aliphatic carbocycles. The van der Waals surface area contributed by atoms with Crippen LogP contribution >= 0.6 is 0 Å². The third-order valence-corrected chi connectivity index (χ3v) is 4.76. The molecule has 2 aromatic rings. The van der Waals surface area contributed by atoms with Gasteiger partial charge in [-0.25, -0.2) is 0 Å². The van der Waals surface area contributed by atoms with E-state index in [0.29, 0.717) is 19.5 Å². The van der Waals surface area contributed by atoms with Crippen molar-refractivity contribution in [3.63, 3.8) is 0 Å². The Bertz CT molecular complexity index is 668. The number of aliphatic hydroxyl groups is 1. The van der Waals surface area contributed by atoms with Gasteiger partial charge in [-0.05, 0) is 31.9 Å². The number of aromatic nitrogens is 2. The van der Waals surface area contributed by atoms with Gasteiger partial charge in [0.2, 0.25) is 5.91 Å². The minimum absolute atomic E-state index is 0.0236. The van der Waals surface area contributed by atoms with Crippen molar-refractivity contribution in [3.8, 4) is 0 Å². The Hall–Kier alpha value is -1.88. The molecule has 0 aliphatic heterocycles. The van der Waals surface area contributed by atoms with Crippen LogP contribution in [0.15, 0.2) is 24.4 Å². The minimum Gasteiger partial charge on any atom is -0.396 e. The molecule has 1 aromatic carbocycles. The summed E-state index contributed by atoms with van der Waals surface area (Å²) >= 11 is 0. The van der Waals surface area contributed by atoms with Crippen LogP contribution in [0.1, 0.15) is 31.2 Å². The van der Waals surface area contributed by atoms with E-state index in [2.05, 4.69) is 29.5 Å². The van der Waals surface area contributed by atoms with Gasteiger partial charge in [0, 0.05) is 23.8 Å². The van der Waals surface area contributed by atoms with E-state index in [0.717, 1.165) is 30.2 Å². The van der Waals surface area contributed by atoms with E-state index in [9.17, 15) is 9.90 Å². The van der Waals surface area contributed by atoms with Crippen molar-refractivity contribution >= 4 is 16.8 Å². The van der Waals surface area contributed by atoms with Crippen LogP contribution in [0, 0.1) is 12.3 Å². The number of hydrogen-bond acceptors (Lipinski definition) is 3. The predicted molar refractivity (Wildman–Crippen MR) is 85.5 cm³/mol.